The summed E-state index contributed by atoms with van der Waals surface area (Å²) in [5, 5.41) is 0. The molecule has 0 spiro atoms. The second kappa shape index (κ2) is 4.53. The van der Waals surface area contributed by atoms with Crippen LogP contribution in [0.5, 0.6) is 0 Å². The molecule has 1 atom stereocenters. The normalized spacial score (nSPS) is 19.3. The Balaban J connectivity index is 2.15. The highest BCUT2D eigenvalue weighted by molar-refractivity contribution is 5.96. The van der Waals surface area contributed by atoms with Crippen LogP contribution in [-0.2, 0) is 9.53 Å². The SMILES string of the molecule is CCC(=O)C1CN(c2ccc(F)cc2)C(=O)O1. The van der Waals surface area contributed by atoms with Gasteiger partial charge in [-0.05, 0) is 24.3 Å². The fourth-order valence-electron chi connectivity index (χ4n) is 1.69. The molecule has 5 heteroatoms. The summed E-state index contributed by atoms with van der Waals surface area (Å²) in [4.78, 5) is 24.3. The molecule has 1 fully saturated rings. The van der Waals surface area contributed by atoms with E-state index in [0.29, 0.717) is 12.1 Å². The van der Waals surface area contributed by atoms with E-state index >= 15 is 0 Å². The summed E-state index contributed by atoms with van der Waals surface area (Å²) < 4.78 is 17.7. The molecule has 1 saturated heterocycles. The van der Waals surface area contributed by atoms with Gasteiger partial charge in [0.15, 0.2) is 11.9 Å². The van der Waals surface area contributed by atoms with E-state index in [1.165, 1.54) is 29.2 Å². The van der Waals surface area contributed by atoms with Gasteiger partial charge in [-0.1, -0.05) is 6.92 Å². The van der Waals surface area contributed by atoms with Crippen LogP contribution in [0.25, 0.3) is 0 Å². The van der Waals surface area contributed by atoms with Gasteiger partial charge < -0.3 is 4.74 Å². The van der Waals surface area contributed by atoms with Gasteiger partial charge in [-0.2, -0.15) is 0 Å². The first-order valence-electron chi connectivity index (χ1n) is 5.38. The van der Waals surface area contributed by atoms with Crippen LogP contribution in [0.2, 0.25) is 0 Å². The van der Waals surface area contributed by atoms with E-state index in [-0.39, 0.29) is 18.1 Å². The predicted octanol–water partition coefficient (Wildman–Crippen LogP) is 2.13. The number of benzene rings is 1. The number of cyclic esters (lactones) is 1. The van der Waals surface area contributed by atoms with Gasteiger partial charge in [0.1, 0.15) is 5.82 Å². The van der Waals surface area contributed by atoms with Gasteiger partial charge in [0.25, 0.3) is 0 Å². The molecule has 1 heterocycles. The molecule has 1 aliphatic heterocycles. The van der Waals surface area contributed by atoms with Gasteiger partial charge in [0.05, 0.1) is 6.54 Å². The van der Waals surface area contributed by atoms with Crippen LogP contribution in [0, 0.1) is 5.82 Å². The molecule has 17 heavy (non-hydrogen) atoms. The molecular formula is C12H12FNO3. The fourth-order valence-corrected chi connectivity index (χ4v) is 1.69. The third kappa shape index (κ3) is 2.27. The van der Waals surface area contributed by atoms with Crippen LogP contribution in [0.15, 0.2) is 24.3 Å². The van der Waals surface area contributed by atoms with Gasteiger partial charge in [-0.25, -0.2) is 9.18 Å². The van der Waals surface area contributed by atoms with Crippen molar-refractivity contribution in [3.8, 4) is 0 Å². The van der Waals surface area contributed by atoms with Gasteiger partial charge >= 0.3 is 6.09 Å². The highest BCUT2D eigenvalue weighted by atomic mass is 19.1. The third-order valence-corrected chi connectivity index (χ3v) is 2.66. The number of anilines is 1. The molecule has 0 N–H and O–H groups in total. The first-order chi connectivity index (χ1) is 8.11. The summed E-state index contributed by atoms with van der Waals surface area (Å²) >= 11 is 0. The smallest absolute Gasteiger partial charge is 0.415 e. The van der Waals surface area contributed by atoms with Crippen molar-refractivity contribution in [1.82, 2.24) is 0 Å². The van der Waals surface area contributed by atoms with Gasteiger partial charge in [-0.15, -0.1) is 0 Å². The maximum atomic E-state index is 12.7. The van der Waals surface area contributed by atoms with Crippen molar-refractivity contribution in [2.45, 2.75) is 19.4 Å². The molecule has 0 aromatic heterocycles. The number of hydrogen-bond donors (Lipinski definition) is 0. The minimum Gasteiger partial charge on any atom is -0.436 e. The average molecular weight is 237 g/mol. The van der Waals surface area contributed by atoms with Crippen LogP contribution < -0.4 is 4.90 Å². The van der Waals surface area contributed by atoms with E-state index in [0.717, 1.165) is 0 Å². The van der Waals surface area contributed by atoms with E-state index in [1.54, 1.807) is 6.92 Å². The largest absolute Gasteiger partial charge is 0.436 e. The summed E-state index contributed by atoms with van der Waals surface area (Å²) in [6, 6.07) is 5.49. The average Bonchev–Trinajstić information content (AvgIpc) is 2.71. The number of nitrogens with zero attached hydrogens (tertiary/aromatic N) is 1. The molecule has 2 rings (SSSR count). The molecule has 0 aliphatic carbocycles. The van der Waals surface area contributed by atoms with Crippen molar-refractivity contribution < 1.29 is 18.7 Å². The lowest BCUT2D eigenvalue weighted by atomic mass is 10.2. The standard InChI is InChI=1S/C12H12FNO3/c1-2-10(15)11-7-14(12(16)17-11)9-5-3-8(13)4-6-9/h3-6,11H,2,7H2,1H3. The van der Waals surface area contributed by atoms with Gasteiger partial charge in [0.2, 0.25) is 0 Å². The summed E-state index contributed by atoms with van der Waals surface area (Å²) in [5.74, 6) is -0.481. The number of rotatable bonds is 3. The maximum Gasteiger partial charge on any atom is 0.415 e. The molecular weight excluding hydrogens is 225 g/mol. The van der Waals surface area contributed by atoms with Crippen molar-refractivity contribution in [2.75, 3.05) is 11.4 Å². The second-order valence-electron chi connectivity index (χ2n) is 3.78. The van der Waals surface area contributed by atoms with Crippen molar-refractivity contribution in [3.05, 3.63) is 30.1 Å². The summed E-state index contributed by atoms with van der Waals surface area (Å²) in [6.45, 7) is 1.91. The summed E-state index contributed by atoms with van der Waals surface area (Å²) in [6.07, 6.45) is -0.948. The van der Waals surface area contributed by atoms with Gasteiger partial charge in [-0.3, -0.25) is 9.69 Å². The fraction of sp³-hybridized carbons (Fsp3) is 0.333. The summed E-state index contributed by atoms with van der Waals surface area (Å²) in [5.41, 5.74) is 0.530. The summed E-state index contributed by atoms with van der Waals surface area (Å²) in [7, 11) is 0. The molecule has 0 bridgehead atoms. The van der Waals surface area contributed by atoms with Gasteiger partial charge in [0, 0.05) is 12.1 Å². The van der Waals surface area contributed by atoms with Crippen molar-refractivity contribution in [3.63, 3.8) is 0 Å². The highest BCUT2D eigenvalue weighted by Crippen LogP contribution is 2.22. The maximum absolute atomic E-state index is 12.7. The molecule has 0 radical (unpaired) electrons. The zero-order valence-corrected chi connectivity index (χ0v) is 9.35. The predicted molar refractivity (Wildman–Crippen MR) is 59.3 cm³/mol. The van der Waals surface area contributed by atoms with Crippen molar-refractivity contribution in [1.29, 1.82) is 0 Å². The van der Waals surface area contributed by atoms with Crippen LogP contribution in [0.4, 0.5) is 14.9 Å². The molecule has 1 unspecified atom stereocenters. The molecule has 90 valence electrons. The molecule has 4 nitrogen and oxygen atoms in total. The second-order valence-corrected chi connectivity index (χ2v) is 3.78. The van der Waals surface area contributed by atoms with Crippen LogP contribution in [0.1, 0.15) is 13.3 Å². The molecule has 1 aromatic rings. The lowest BCUT2D eigenvalue weighted by molar-refractivity contribution is -0.125. The third-order valence-electron chi connectivity index (χ3n) is 2.66. The lowest BCUT2D eigenvalue weighted by Gasteiger charge is -2.12. The molecule has 1 aromatic carbocycles. The Bertz CT molecular complexity index is 444. The molecule has 0 saturated carbocycles. The Morgan fingerprint density at radius 1 is 1.47 bits per heavy atom. The number of ether oxygens (including phenoxy) is 1. The first-order valence-corrected chi connectivity index (χ1v) is 5.38. The number of ketones is 1. The number of carbonyl (C=O) groups excluding carboxylic acids is 2. The quantitative estimate of drug-likeness (QED) is 0.809. The van der Waals surface area contributed by atoms with E-state index < -0.39 is 12.2 Å². The zero-order chi connectivity index (χ0) is 12.4. The topological polar surface area (TPSA) is 46.6 Å². The van der Waals surface area contributed by atoms with E-state index in [4.69, 9.17) is 4.74 Å². The zero-order valence-electron chi connectivity index (χ0n) is 9.35. The minimum atomic E-state index is -0.711. The van der Waals surface area contributed by atoms with Crippen molar-refractivity contribution in [2.24, 2.45) is 0 Å². The minimum absolute atomic E-state index is 0.108. The number of halogens is 1. The monoisotopic (exact) mass is 237 g/mol. The Labute approximate surface area is 98.0 Å². The van der Waals surface area contributed by atoms with Crippen molar-refractivity contribution >= 4 is 17.6 Å². The van der Waals surface area contributed by atoms with Crippen LogP contribution >= 0.6 is 0 Å². The van der Waals surface area contributed by atoms with Crippen LogP contribution in [0.3, 0.4) is 0 Å². The Morgan fingerprint density at radius 2 is 2.12 bits per heavy atom. The van der Waals surface area contributed by atoms with E-state index in [1.807, 2.05) is 0 Å². The highest BCUT2D eigenvalue weighted by Gasteiger charge is 2.35. The van der Waals surface area contributed by atoms with Crippen LogP contribution in [-0.4, -0.2) is 24.5 Å². The number of Topliss-reactive ketones (excluding diaryl/α,β-unsaturated/α-hetero) is 1. The van der Waals surface area contributed by atoms with E-state index in [9.17, 15) is 14.0 Å². The number of hydrogen-bond acceptors (Lipinski definition) is 3. The Morgan fingerprint density at radius 3 is 2.71 bits per heavy atom. The number of amides is 1. The lowest BCUT2D eigenvalue weighted by Crippen LogP contribution is -2.27. The van der Waals surface area contributed by atoms with E-state index in [2.05, 4.69) is 0 Å². The first kappa shape index (κ1) is 11.6. The molecule has 1 amide bonds. The Kier molecular flexibility index (Phi) is 3.08. The molecule has 1 aliphatic rings. The Hall–Kier alpha value is -1.91. The number of carbonyl (C=O) groups is 2.